The van der Waals surface area contributed by atoms with Crippen LogP contribution in [0.2, 0.25) is 0 Å². The molecule has 1 aliphatic rings. The smallest absolute Gasteiger partial charge is 0.303 e. The molecule has 110 valence electrons. The Morgan fingerprint density at radius 3 is 2.70 bits per heavy atom. The van der Waals surface area contributed by atoms with E-state index in [1.165, 1.54) is 6.07 Å². The molecule has 0 amide bonds. The number of carbonyl (C=O) groups is 1. The number of aliphatic carboxylic acids is 1. The summed E-state index contributed by atoms with van der Waals surface area (Å²) in [7, 11) is 0. The fourth-order valence-corrected chi connectivity index (χ4v) is 2.82. The maximum absolute atomic E-state index is 13.2. The highest BCUT2D eigenvalue weighted by atomic mass is 19.1. The van der Waals surface area contributed by atoms with Gasteiger partial charge in [0.2, 0.25) is 0 Å². The summed E-state index contributed by atoms with van der Waals surface area (Å²) in [4.78, 5) is 12.9. The second-order valence-corrected chi connectivity index (χ2v) is 5.74. The Balaban J connectivity index is 1.79. The van der Waals surface area contributed by atoms with E-state index in [0.29, 0.717) is 11.5 Å². The van der Waals surface area contributed by atoms with Crippen LogP contribution in [0.4, 0.5) is 4.39 Å². The summed E-state index contributed by atoms with van der Waals surface area (Å²) < 4.78 is 13.2. The first kappa shape index (κ1) is 15.0. The summed E-state index contributed by atoms with van der Waals surface area (Å²) in [5.74, 6) is -0.312. The molecule has 1 heterocycles. The lowest BCUT2D eigenvalue weighted by Gasteiger charge is -2.31. The van der Waals surface area contributed by atoms with Crippen molar-refractivity contribution in [3.8, 4) is 0 Å². The highest BCUT2D eigenvalue weighted by Gasteiger charge is 2.19. The Bertz CT molecular complexity index is 468. The van der Waals surface area contributed by atoms with E-state index in [-0.39, 0.29) is 12.2 Å². The second kappa shape index (κ2) is 6.84. The lowest BCUT2D eigenvalue weighted by atomic mass is 9.92. The van der Waals surface area contributed by atoms with Crippen LogP contribution in [0.15, 0.2) is 18.2 Å². The van der Waals surface area contributed by atoms with E-state index in [1.54, 1.807) is 6.92 Å². The van der Waals surface area contributed by atoms with Gasteiger partial charge in [0.15, 0.2) is 0 Å². The molecule has 0 aliphatic carbocycles. The summed E-state index contributed by atoms with van der Waals surface area (Å²) in [5.41, 5.74) is 1.84. The Hall–Kier alpha value is -1.42. The largest absolute Gasteiger partial charge is 0.481 e. The van der Waals surface area contributed by atoms with Gasteiger partial charge in [0.1, 0.15) is 5.82 Å². The van der Waals surface area contributed by atoms with Gasteiger partial charge >= 0.3 is 5.97 Å². The summed E-state index contributed by atoms with van der Waals surface area (Å²) in [6.07, 6.45) is 3.20. The van der Waals surface area contributed by atoms with E-state index in [1.807, 2.05) is 12.1 Å². The fourth-order valence-electron chi connectivity index (χ4n) is 2.82. The number of hydrogen-bond donors (Lipinski definition) is 1. The van der Waals surface area contributed by atoms with Crippen molar-refractivity contribution >= 4 is 5.97 Å². The first-order valence-electron chi connectivity index (χ1n) is 7.24. The normalized spacial score (nSPS) is 17.3. The summed E-state index contributed by atoms with van der Waals surface area (Å²) in [6, 6.07) is 5.29. The minimum Gasteiger partial charge on any atom is -0.481 e. The summed E-state index contributed by atoms with van der Waals surface area (Å²) in [6.45, 7) is 4.64. The number of piperidine rings is 1. The molecule has 20 heavy (non-hydrogen) atoms. The van der Waals surface area contributed by atoms with Crippen LogP contribution in [0.3, 0.4) is 0 Å². The van der Waals surface area contributed by atoms with Crippen LogP contribution in [0, 0.1) is 18.7 Å². The molecule has 0 radical (unpaired) electrons. The highest BCUT2D eigenvalue weighted by molar-refractivity contribution is 5.66. The van der Waals surface area contributed by atoms with E-state index in [0.717, 1.165) is 44.5 Å². The maximum atomic E-state index is 13.2. The van der Waals surface area contributed by atoms with Gasteiger partial charge in [-0.3, -0.25) is 9.69 Å². The zero-order valence-electron chi connectivity index (χ0n) is 11.9. The monoisotopic (exact) mass is 279 g/mol. The van der Waals surface area contributed by atoms with Crippen molar-refractivity contribution in [2.75, 3.05) is 13.1 Å². The van der Waals surface area contributed by atoms with Crippen LogP contribution in [0.1, 0.15) is 36.8 Å². The van der Waals surface area contributed by atoms with Gasteiger partial charge in [-0.05, 0) is 62.4 Å². The van der Waals surface area contributed by atoms with Gasteiger partial charge in [-0.25, -0.2) is 4.39 Å². The number of hydrogen-bond acceptors (Lipinski definition) is 2. The van der Waals surface area contributed by atoms with Crippen molar-refractivity contribution in [1.29, 1.82) is 0 Å². The van der Waals surface area contributed by atoms with E-state index >= 15 is 0 Å². The molecular formula is C16H22FNO2. The molecule has 1 aromatic rings. The molecule has 0 aromatic heterocycles. The SMILES string of the molecule is Cc1cc(CN2CCC(CCC(=O)O)CC2)ccc1F. The summed E-state index contributed by atoms with van der Waals surface area (Å²) in [5, 5.41) is 8.70. The number of halogens is 1. The van der Waals surface area contributed by atoms with Gasteiger partial charge in [0, 0.05) is 13.0 Å². The quantitative estimate of drug-likeness (QED) is 0.899. The number of rotatable bonds is 5. The van der Waals surface area contributed by atoms with Crippen molar-refractivity contribution in [1.82, 2.24) is 4.90 Å². The fraction of sp³-hybridized carbons (Fsp3) is 0.562. The van der Waals surface area contributed by atoms with Crippen LogP contribution < -0.4 is 0 Å². The van der Waals surface area contributed by atoms with Crippen molar-refractivity contribution < 1.29 is 14.3 Å². The minimum absolute atomic E-state index is 0.152. The van der Waals surface area contributed by atoms with Crippen LogP contribution >= 0.6 is 0 Å². The average Bonchev–Trinajstić information content (AvgIpc) is 2.42. The lowest BCUT2D eigenvalue weighted by Crippen LogP contribution is -2.33. The molecule has 0 bridgehead atoms. The Labute approximate surface area is 119 Å². The van der Waals surface area contributed by atoms with E-state index in [2.05, 4.69) is 4.90 Å². The van der Waals surface area contributed by atoms with Crippen molar-refractivity contribution in [3.63, 3.8) is 0 Å². The van der Waals surface area contributed by atoms with Gasteiger partial charge in [-0.1, -0.05) is 12.1 Å². The molecule has 1 fully saturated rings. The topological polar surface area (TPSA) is 40.5 Å². The standard InChI is InChI=1S/C16H22FNO2/c1-12-10-14(2-4-15(12)17)11-18-8-6-13(7-9-18)3-5-16(19)20/h2,4,10,13H,3,5-9,11H2,1H3,(H,19,20). The highest BCUT2D eigenvalue weighted by Crippen LogP contribution is 2.23. The van der Waals surface area contributed by atoms with Gasteiger partial charge in [0.25, 0.3) is 0 Å². The van der Waals surface area contributed by atoms with Crippen molar-refractivity contribution in [3.05, 3.63) is 35.1 Å². The first-order chi connectivity index (χ1) is 9.54. The zero-order chi connectivity index (χ0) is 14.5. The molecule has 0 saturated carbocycles. The van der Waals surface area contributed by atoms with Crippen LogP contribution in [-0.2, 0) is 11.3 Å². The molecule has 4 heteroatoms. The Morgan fingerprint density at radius 2 is 2.10 bits per heavy atom. The molecule has 0 atom stereocenters. The molecule has 0 spiro atoms. The third-order valence-corrected chi connectivity index (χ3v) is 4.10. The predicted octanol–water partition coefficient (Wildman–Crippen LogP) is 3.21. The van der Waals surface area contributed by atoms with E-state index in [9.17, 15) is 9.18 Å². The van der Waals surface area contributed by atoms with E-state index < -0.39 is 5.97 Å². The number of likely N-dealkylation sites (tertiary alicyclic amines) is 1. The molecule has 2 rings (SSSR count). The number of carboxylic acid groups (broad SMARTS) is 1. The molecular weight excluding hydrogens is 257 g/mol. The number of carboxylic acids is 1. The zero-order valence-corrected chi connectivity index (χ0v) is 11.9. The van der Waals surface area contributed by atoms with Crippen LogP contribution in [-0.4, -0.2) is 29.1 Å². The number of benzene rings is 1. The number of aryl methyl sites for hydroxylation is 1. The maximum Gasteiger partial charge on any atom is 0.303 e. The van der Waals surface area contributed by atoms with Crippen molar-refractivity contribution in [2.24, 2.45) is 5.92 Å². The lowest BCUT2D eigenvalue weighted by molar-refractivity contribution is -0.137. The third-order valence-electron chi connectivity index (χ3n) is 4.10. The van der Waals surface area contributed by atoms with Gasteiger partial charge < -0.3 is 5.11 Å². The number of nitrogens with zero attached hydrogens (tertiary/aromatic N) is 1. The molecule has 0 unspecified atom stereocenters. The van der Waals surface area contributed by atoms with Gasteiger partial charge in [-0.2, -0.15) is 0 Å². The van der Waals surface area contributed by atoms with Crippen LogP contribution in [0.5, 0.6) is 0 Å². The summed E-state index contributed by atoms with van der Waals surface area (Å²) >= 11 is 0. The first-order valence-corrected chi connectivity index (χ1v) is 7.24. The predicted molar refractivity (Wildman–Crippen MR) is 76.0 cm³/mol. The molecule has 3 nitrogen and oxygen atoms in total. The van der Waals surface area contributed by atoms with Crippen molar-refractivity contribution in [2.45, 2.75) is 39.2 Å². The second-order valence-electron chi connectivity index (χ2n) is 5.74. The molecule has 1 N–H and O–H groups in total. The molecule has 1 aliphatic heterocycles. The van der Waals surface area contributed by atoms with E-state index in [4.69, 9.17) is 5.11 Å². The van der Waals surface area contributed by atoms with Gasteiger partial charge in [-0.15, -0.1) is 0 Å². The third kappa shape index (κ3) is 4.30. The Kier molecular flexibility index (Phi) is 5.12. The molecule has 1 aromatic carbocycles. The average molecular weight is 279 g/mol. The van der Waals surface area contributed by atoms with Crippen LogP contribution in [0.25, 0.3) is 0 Å². The minimum atomic E-state index is -0.700. The molecule has 1 saturated heterocycles. The Morgan fingerprint density at radius 1 is 1.40 bits per heavy atom. The van der Waals surface area contributed by atoms with Gasteiger partial charge in [0.05, 0.1) is 0 Å².